The van der Waals surface area contributed by atoms with Crippen molar-refractivity contribution in [3.05, 3.63) is 95.5 Å². The van der Waals surface area contributed by atoms with E-state index in [9.17, 15) is 8.42 Å². The number of hydrogen-bond donors (Lipinski definition) is 0. The maximum Gasteiger partial charge on any atom is 0.264 e. The number of para-hydroxylation sites is 1. The lowest BCUT2D eigenvalue weighted by molar-refractivity contribution is 0.583. The Morgan fingerprint density at radius 1 is 0.840 bits per heavy atom. The molecule has 128 valence electrons. The zero-order chi connectivity index (χ0) is 17.9. The van der Waals surface area contributed by atoms with Crippen LogP contribution in [0.5, 0.6) is 0 Å². The molecule has 25 heavy (non-hydrogen) atoms. The van der Waals surface area contributed by atoms with Gasteiger partial charge in [-0.1, -0.05) is 60.1 Å². The fourth-order valence-corrected chi connectivity index (χ4v) is 4.62. The van der Waals surface area contributed by atoms with Crippen LogP contribution in [-0.2, 0) is 10.0 Å². The van der Waals surface area contributed by atoms with E-state index in [1.54, 1.807) is 54.6 Å². The van der Waals surface area contributed by atoms with Gasteiger partial charge in [-0.3, -0.25) is 4.31 Å². The first kappa shape index (κ1) is 17.5. The Kier molecular flexibility index (Phi) is 5.11. The molecule has 0 aromatic heterocycles. The van der Waals surface area contributed by atoms with Crippen LogP contribution < -0.4 is 4.31 Å². The molecule has 0 fully saturated rings. The quantitative estimate of drug-likeness (QED) is 0.610. The molecule has 0 aliphatic rings. The van der Waals surface area contributed by atoms with Crippen molar-refractivity contribution >= 4 is 27.3 Å². The van der Waals surface area contributed by atoms with Crippen LogP contribution in [0.4, 0.5) is 5.69 Å². The van der Waals surface area contributed by atoms with E-state index in [2.05, 4.69) is 0 Å². The molecule has 0 bridgehead atoms. The fraction of sp³-hybridized carbons (Fsp3) is 0.100. The van der Waals surface area contributed by atoms with Gasteiger partial charge in [-0.25, -0.2) is 8.42 Å². The molecule has 0 saturated heterocycles. The summed E-state index contributed by atoms with van der Waals surface area (Å²) < 4.78 is 28.1. The third kappa shape index (κ3) is 3.70. The van der Waals surface area contributed by atoms with Crippen molar-refractivity contribution < 1.29 is 8.42 Å². The summed E-state index contributed by atoms with van der Waals surface area (Å²) in [6, 6.07) is 24.4. The number of benzene rings is 3. The van der Waals surface area contributed by atoms with Crippen LogP contribution in [0.3, 0.4) is 0 Å². The van der Waals surface area contributed by atoms with Crippen LogP contribution in [0.25, 0.3) is 0 Å². The summed E-state index contributed by atoms with van der Waals surface area (Å²) in [5.74, 6) is 0. The second-order valence-corrected chi connectivity index (χ2v) is 7.93. The maximum atomic E-state index is 13.3. The standard InChI is InChI=1S/C20H18ClNO2S/c1-16(17-9-8-10-18(21)15-17)22(19-11-4-2-5-12-19)25(23,24)20-13-6-3-7-14-20/h2-16H,1H3. The van der Waals surface area contributed by atoms with E-state index < -0.39 is 16.1 Å². The number of sulfonamides is 1. The molecule has 0 saturated carbocycles. The molecule has 0 amide bonds. The van der Waals surface area contributed by atoms with Crippen molar-refractivity contribution in [2.75, 3.05) is 4.31 Å². The fourth-order valence-electron chi connectivity index (χ4n) is 2.75. The van der Waals surface area contributed by atoms with Crippen LogP contribution in [0, 0.1) is 0 Å². The number of anilines is 1. The molecule has 3 rings (SSSR count). The van der Waals surface area contributed by atoms with Gasteiger partial charge in [-0.2, -0.15) is 0 Å². The van der Waals surface area contributed by atoms with Gasteiger partial charge in [0, 0.05) is 5.02 Å². The summed E-state index contributed by atoms with van der Waals surface area (Å²) in [7, 11) is -3.72. The molecule has 3 aromatic carbocycles. The van der Waals surface area contributed by atoms with Gasteiger partial charge in [-0.15, -0.1) is 0 Å². The number of rotatable bonds is 5. The van der Waals surface area contributed by atoms with Crippen molar-refractivity contribution in [2.24, 2.45) is 0 Å². The normalized spacial score (nSPS) is 12.6. The van der Waals surface area contributed by atoms with Crippen molar-refractivity contribution in [1.82, 2.24) is 0 Å². The molecule has 3 nitrogen and oxygen atoms in total. The highest BCUT2D eigenvalue weighted by atomic mass is 35.5. The minimum atomic E-state index is -3.72. The number of hydrogen-bond acceptors (Lipinski definition) is 2. The van der Waals surface area contributed by atoms with E-state index in [4.69, 9.17) is 11.6 Å². The van der Waals surface area contributed by atoms with E-state index in [0.717, 1.165) is 5.56 Å². The van der Waals surface area contributed by atoms with E-state index in [-0.39, 0.29) is 4.90 Å². The molecular formula is C20H18ClNO2S. The van der Waals surface area contributed by atoms with Gasteiger partial charge in [0.25, 0.3) is 10.0 Å². The van der Waals surface area contributed by atoms with Crippen molar-refractivity contribution in [2.45, 2.75) is 17.9 Å². The summed E-state index contributed by atoms with van der Waals surface area (Å²) in [5, 5.41) is 0.578. The van der Waals surface area contributed by atoms with E-state index in [1.165, 1.54) is 4.31 Å². The molecule has 0 spiro atoms. The highest BCUT2D eigenvalue weighted by Crippen LogP contribution is 2.33. The molecule has 0 aliphatic heterocycles. The third-order valence-electron chi connectivity index (χ3n) is 3.99. The van der Waals surface area contributed by atoms with Gasteiger partial charge in [0.1, 0.15) is 0 Å². The van der Waals surface area contributed by atoms with Crippen LogP contribution >= 0.6 is 11.6 Å². The Hall–Kier alpha value is -2.30. The summed E-state index contributed by atoms with van der Waals surface area (Å²) in [6.07, 6.45) is 0. The molecular weight excluding hydrogens is 354 g/mol. The molecule has 3 aromatic rings. The SMILES string of the molecule is CC(c1cccc(Cl)c1)N(c1ccccc1)S(=O)(=O)c1ccccc1. The molecule has 1 atom stereocenters. The summed E-state index contributed by atoms with van der Waals surface area (Å²) in [5.41, 5.74) is 1.44. The van der Waals surface area contributed by atoms with Crippen LogP contribution in [0.2, 0.25) is 5.02 Å². The first-order chi connectivity index (χ1) is 12.0. The third-order valence-corrected chi connectivity index (χ3v) is 6.14. The van der Waals surface area contributed by atoms with Crippen LogP contribution in [0.1, 0.15) is 18.5 Å². The molecule has 0 radical (unpaired) electrons. The van der Waals surface area contributed by atoms with E-state index >= 15 is 0 Å². The second kappa shape index (κ2) is 7.30. The Balaban J connectivity index is 2.14. The van der Waals surface area contributed by atoms with Crippen molar-refractivity contribution in [1.29, 1.82) is 0 Å². The summed E-state index contributed by atoms with van der Waals surface area (Å²) in [6.45, 7) is 1.86. The van der Waals surface area contributed by atoms with Crippen LogP contribution in [-0.4, -0.2) is 8.42 Å². The Bertz CT molecular complexity index is 944. The minimum Gasteiger partial charge on any atom is -0.259 e. The number of nitrogens with zero attached hydrogens (tertiary/aromatic N) is 1. The van der Waals surface area contributed by atoms with E-state index in [0.29, 0.717) is 10.7 Å². The maximum absolute atomic E-state index is 13.3. The van der Waals surface area contributed by atoms with Gasteiger partial charge in [-0.05, 0) is 48.9 Å². The van der Waals surface area contributed by atoms with Gasteiger partial charge in [0.15, 0.2) is 0 Å². The van der Waals surface area contributed by atoms with Crippen molar-refractivity contribution in [3.8, 4) is 0 Å². The smallest absolute Gasteiger partial charge is 0.259 e. The predicted octanol–water partition coefficient (Wildman–Crippen LogP) is 5.30. The van der Waals surface area contributed by atoms with Gasteiger partial charge in [0.2, 0.25) is 0 Å². The van der Waals surface area contributed by atoms with Crippen molar-refractivity contribution in [3.63, 3.8) is 0 Å². The monoisotopic (exact) mass is 371 g/mol. The van der Waals surface area contributed by atoms with Crippen LogP contribution in [0.15, 0.2) is 89.8 Å². The molecule has 1 unspecified atom stereocenters. The Labute approximate surface area is 153 Å². The molecule has 0 heterocycles. The average molecular weight is 372 g/mol. The Morgan fingerprint density at radius 3 is 2.04 bits per heavy atom. The zero-order valence-corrected chi connectivity index (χ0v) is 15.3. The summed E-state index contributed by atoms with van der Waals surface area (Å²) >= 11 is 6.10. The van der Waals surface area contributed by atoms with Gasteiger partial charge < -0.3 is 0 Å². The minimum absolute atomic E-state index is 0.257. The zero-order valence-electron chi connectivity index (χ0n) is 13.7. The lowest BCUT2D eigenvalue weighted by Gasteiger charge is -2.31. The first-order valence-electron chi connectivity index (χ1n) is 7.90. The van der Waals surface area contributed by atoms with Gasteiger partial charge >= 0.3 is 0 Å². The molecule has 0 aliphatic carbocycles. The second-order valence-electron chi connectivity index (χ2n) is 5.68. The highest BCUT2D eigenvalue weighted by Gasteiger charge is 2.30. The average Bonchev–Trinajstić information content (AvgIpc) is 2.63. The molecule has 5 heteroatoms. The van der Waals surface area contributed by atoms with E-state index in [1.807, 2.05) is 37.3 Å². The largest absolute Gasteiger partial charge is 0.264 e. The topological polar surface area (TPSA) is 37.4 Å². The number of halogens is 1. The Morgan fingerprint density at radius 2 is 1.44 bits per heavy atom. The lowest BCUT2D eigenvalue weighted by Crippen LogP contribution is -2.33. The first-order valence-corrected chi connectivity index (χ1v) is 9.72. The molecule has 0 N–H and O–H groups in total. The predicted molar refractivity (Wildman–Crippen MR) is 102 cm³/mol. The van der Waals surface area contributed by atoms with Gasteiger partial charge in [0.05, 0.1) is 16.6 Å². The lowest BCUT2D eigenvalue weighted by atomic mass is 10.1. The summed E-state index contributed by atoms with van der Waals surface area (Å²) in [4.78, 5) is 0.257. The highest BCUT2D eigenvalue weighted by molar-refractivity contribution is 7.92.